The van der Waals surface area contributed by atoms with Crippen molar-refractivity contribution in [2.24, 2.45) is 5.92 Å². The number of rotatable bonds is 4. The SMILES string of the molecule is Nc1cnc2c(c1)c(CC1CC1)cn2S(=O)(=O)c1ccccc1. The number of anilines is 1. The number of fused-ring (bicyclic) bond motifs is 1. The molecule has 2 N–H and O–H groups in total. The third kappa shape index (κ3) is 2.49. The van der Waals surface area contributed by atoms with Crippen LogP contribution in [0.3, 0.4) is 0 Å². The van der Waals surface area contributed by atoms with E-state index in [2.05, 4.69) is 4.98 Å². The van der Waals surface area contributed by atoms with Crippen LogP contribution >= 0.6 is 0 Å². The Hall–Kier alpha value is -2.34. The molecule has 0 saturated heterocycles. The van der Waals surface area contributed by atoms with Crippen molar-refractivity contribution in [3.8, 4) is 0 Å². The van der Waals surface area contributed by atoms with Crippen LogP contribution in [0.15, 0.2) is 53.7 Å². The van der Waals surface area contributed by atoms with Crippen LogP contribution in [-0.4, -0.2) is 17.4 Å². The smallest absolute Gasteiger partial charge is 0.269 e. The Morgan fingerprint density at radius 1 is 1.22 bits per heavy atom. The molecule has 0 spiro atoms. The summed E-state index contributed by atoms with van der Waals surface area (Å²) in [4.78, 5) is 4.54. The van der Waals surface area contributed by atoms with Crippen LogP contribution in [0.25, 0.3) is 11.0 Å². The highest BCUT2D eigenvalue weighted by atomic mass is 32.2. The van der Waals surface area contributed by atoms with Crippen molar-refractivity contribution in [3.63, 3.8) is 0 Å². The number of hydrogen-bond acceptors (Lipinski definition) is 4. The molecule has 1 fully saturated rings. The lowest BCUT2D eigenvalue weighted by molar-refractivity contribution is 0.588. The Morgan fingerprint density at radius 2 is 1.96 bits per heavy atom. The van der Waals surface area contributed by atoms with Gasteiger partial charge in [-0.15, -0.1) is 0 Å². The molecular weight excluding hydrogens is 310 g/mol. The van der Waals surface area contributed by atoms with Crippen molar-refractivity contribution >= 4 is 26.7 Å². The third-order valence-corrected chi connectivity index (χ3v) is 5.89. The van der Waals surface area contributed by atoms with Gasteiger partial charge in [0.25, 0.3) is 10.0 Å². The van der Waals surface area contributed by atoms with E-state index in [9.17, 15) is 8.42 Å². The molecule has 23 heavy (non-hydrogen) atoms. The van der Waals surface area contributed by atoms with E-state index >= 15 is 0 Å². The van der Waals surface area contributed by atoms with Crippen LogP contribution in [-0.2, 0) is 16.4 Å². The van der Waals surface area contributed by atoms with Gasteiger partial charge in [-0.2, -0.15) is 0 Å². The Morgan fingerprint density at radius 3 is 2.65 bits per heavy atom. The summed E-state index contributed by atoms with van der Waals surface area (Å²) in [5, 5.41) is 0.830. The highest BCUT2D eigenvalue weighted by Crippen LogP contribution is 2.36. The van der Waals surface area contributed by atoms with Crippen molar-refractivity contribution in [2.75, 3.05) is 5.73 Å². The molecule has 0 atom stereocenters. The number of aromatic nitrogens is 2. The van der Waals surface area contributed by atoms with Crippen LogP contribution in [0.2, 0.25) is 0 Å². The van der Waals surface area contributed by atoms with E-state index in [1.165, 1.54) is 23.0 Å². The Balaban J connectivity index is 1.93. The number of hydrogen-bond donors (Lipinski definition) is 1. The average Bonchev–Trinajstić information content (AvgIpc) is 3.29. The first-order valence-corrected chi connectivity index (χ1v) is 9.06. The molecule has 0 bridgehead atoms. The molecule has 1 aliphatic carbocycles. The van der Waals surface area contributed by atoms with Crippen molar-refractivity contribution in [1.82, 2.24) is 8.96 Å². The fourth-order valence-corrected chi connectivity index (χ4v) is 4.21. The lowest BCUT2D eigenvalue weighted by atomic mass is 10.1. The lowest BCUT2D eigenvalue weighted by Crippen LogP contribution is -2.12. The molecule has 0 amide bonds. The standard InChI is InChI=1S/C17H17N3O2S/c18-14-9-16-13(8-12-6-7-12)11-20(17(16)19-10-14)23(21,22)15-4-2-1-3-5-15/h1-5,9-12H,6-8,18H2. The summed E-state index contributed by atoms with van der Waals surface area (Å²) in [7, 11) is -3.66. The minimum absolute atomic E-state index is 0.258. The molecule has 118 valence electrons. The van der Waals surface area contributed by atoms with Gasteiger partial charge in [-0.25, -0.2) is 17.4 Å². The van der Waals surface area contributed by atoms with E-state index in [-0.39, 0.29) is 4.90 Å². The van der Waals surface area contributed by atoms with Crippen molar-refractivity contribution in [1.29, 1.82) is 0 Å². The van der Waals surface area contributed by atoms with Gasteiger partial charge in [-0.3, -0.25) is 0 Å². The average molecular weight is 327 g/mol. The van der Waals surface area contributed by atoms with Gasteiger partial charge in [0.1, 0.15) is 0 Å². The van der Waals surface area contributed by atoms with Crippen molar-refractivity contribution in [3.05, 3.63) is 54.4 Å². The van der Waals surface area contributed by atoms with Crippen LogP contribution in [0.4, 0.5) is 5.69 Å². The number of nitrogens with zero attached hydrogens (tertiary/aromatic N) is 2. The first kappa shape index (κ1) is 14.3. The minimum atomic E-state index is -3.66. The van der Waals surface area contributed by atoms with Gasteiger partial charge in [0.15, 0.2) is 5.65 Å². The maximum Gasteiger partial charge on any atom is 0.269 e. The topological polar surface area (TPSA) is 78.0 Å². The summed E-state index contributed by atoms with van der Waals surface area (Å²) < 4.78 is 27.2. The largest absolute Gasteiger partial charge is 0.397 e. The summed E-state index contributed by atoms with van der Waals surface area (Å²) in [6.45, 7) is 0. The number of pyridine rings is 1. The predicted molar refractivity (Wildman–Crippen MR) is 89.6 cm³/mol. The zero-order valence-electron chi connectivity index (χ0n) is 12.5. The number of benzene rings is 1. The maximum absolute atomic E-state index is 12.9. The molecule has 0 unspecified atom stereocenters. The second-order valence-electron chi connectivity index (χ2n) is 6.06. The fraction of sp³-hybridized carbons (Fsp3) is 0.235. The van der Waals surface area contributed by atoms with Gasteiger partial charge >= 0.3 is 0 Å². The van der Waals surface area contributed by atoms with Gasteiger partial charge in [0.2, 0.25) is 0 Å². The van der Waals surface area contributed by atoms with Crippen LogP contribution < -0.4 is 5.73 Å². The highest BCUT2D eigenvalue weighted by Gasteiger charge is 2.26. The summed E-state index contributed by atoms with van der Waals surface area (Å²) >= 11 is 0. The molecule has 0 aliphatic heterocycles. The zero-order valence-corrected chi connectivity index (χ0v) is 13.3. The lowest BCUT2D eigenvalue weighted by Gasteiger charge is -2.06. The van der Waals surface area contributed by atoms with E-state index in [0.29, 0.717) is 17.3 Å². The van der Waals surface area contributed by atoms with Gasteiger partial charge in [0, 0.05) is 11.6 Å². The van der Waals surface area contributed by atoms with Crippen LogP contribution in [0, 0.1) is 5.92 Å². The van der Waals surface area contributed by atoms with Crippen molar-refractivity contribution < 1.29 is 8.42 Å². The maximum atomic E-state index is 12.9. The second-order valence-corrected chi connectivity index (χ2v) is 7.87. The quantitative estimate of drug-likeness (QED) is 0.799. The van der Waals surface area contributed by atoms with E-state index < -0.39 is 10.0 Å². The molecule has 2 heterocycles. The Kier molecular flexibility index (Phi) is 3.16. The molecule has 3 aromatic rings. The summed E-state index contributed by atoms with van der Waals surface area (Å²) in [5.41, 5.74) is 7.84. The van der Waals surface area contributed by atoms with Gasteiger partial charge in [0.05, 0.1) is 16.8 Å². The number of nitrogen functional groups attached to an aromatic ring is 1. The molecule has 2 aromatic heterocycles. The predicted octanol–water partition coefficient (Wildman–Crippen LogP) is 2.81. The normalized spacial score (nSPS) is 15.1. The zero-order chi connectivity index (χ0) is 16.0. The Bertz CT molecular complexity index is 974. The van der Waals surface area contributed by atoms with Gasteiger partial charge in [-0.05, 0) is 48.9 Å². The van der Waals surface area contributed by atoms with E-state index in [4.69, 9.17) is 5.73 Å². The first-order chi connectivity index (χ1) is 11.1. The third-order valence-electron chi connectivity index (χ3n) is 4.22. The summed E-state index contributed by atoms with van der Waals surface area (Å²) in [6, 6.07) is 10.2. The first-order valence-electron chi connectivity index (χ1n) is 7.62. The fourth-order valence-electron chi connectivity index (χ4n) is 2.84. The highest BCUT2D eigenvalue weighted by molar-refractivity contribution is 7.90. The number of nitrogens with two attached hydrogens (primary N) is 1. The van der Waals surface area contributed by atoms with E-state index in [1.54, 1.807) is 36.5 Å². The van der Waals surface area contributed by atoms with E-state index in [0.717, 1.165) is 17.4 Å². The molecule has 1 saturated carbocycles. The molecule has 1 aliphatic rings. The molecule has 6 heteroatoms. The van der Waals surface area contributed by atoms with Gasteiger partial charge in [-0.1, -0.05) is 18.2 Å². The second kappa shape index (κ2) is 5.09. The summed E-state index contributed by atoms with van der Waals surface area (Å²) in [5.74, 6) is 0.648. The minimum Gasteiger partial charge on any atom is -0.397 e. The molecular formula is C17H17N3O2S. The molecule has 4 rings (SSSR count). The van der Waals surface area contributed by atoms with Crippen molar-refractivity contribution in [2.45, 2.75) is 24.2 Å². The molecule has 1 aromatic carbocycles. The van der Waals surface area contributed by atoms with Crippen LogP contribution in [0.1, 0.15) is 18.4 Å². The van der Waals surface area contributed by atoms with Crippen LogP contribution in [0.5, 0.6) is 0 Å². The Labute approximate surface area is 134 Å². The van der Waals surface area contributed by atoms with Gasteiger partial charge < -0.3 is 5.73 Å². The molecule has 0 radical (unpaired) electrons. The molecule has 5 nitrogen and oxygen atoms in total. The van der Waals surface area contributed by atoms with E-state index in [1.807, 2.05) is 6.07 Å². The summed E-state index contributed by atoms with van der Waals surface area (Å²) in [6.07, 6.45) is 6.48. The monoisotopic (exact) mass is 327 g/mol.